The van der Waals surface area contributed by atoms with E-state index in [0.29, 0.717) is 11.1 Å². The number of hydrogen-bond acceptors (Lipinski definition) is 4. The lowest BCUT2D eigenvalue weighted by molar-refractivity contribution is 0.538. The summed E-state index contributed by atoms with van der Waals surface area (Å²) in [6, 6.07) is 72.1. The molecule has 8 rings (SSSR count). The predicted molar refractivity (Wildman–Crippen MR) is 224 cm³/mol. The number of nitrogens with one attached hydrogen (secondary N) is 2. The molecule has 4 nitrogen and oxygen atoms in total. The molecule has 258 valence electrons. The van der Waals surface area contributed by atoms with Crippen molar-refractivity contribution in [3.05, 3.63) is 223 Å². The summed E-state index contributed by atoms with van der Waals surface area (Å²) >= 11 is 0. The van der Waals surface area contributed by atoms with Gasteiger partial charge in [0.25, 0.3) is 0 Å². The molecule has 2 N–H and O–H groups in total. The Balaban J connectivity index is 1.04. The highest BCUT2D eigenvalue weighted by atomic mass is 16.5. The van der Waals surface area contributed by atoms with Gasteiger partial charge in [0.05, 0.1) is 0 Å². The zero-order valence-corrected chi connectivity index (χ0v) is 29.6. The number of anilines is 3. The molecule has 4 heteroatoms. The molecule has 0 amide bonds. The van der Waals surface area contributed by atoms with Crippen molar-refractivity contribution in [2.75, 3.05) is 4.90 Å². The first-order valence-electron chi connectivity index (χ1n) is 17.9. The van der Waals surface area contributed by atoms with Crippen LogP contribution in [0.25, 0.3) is 44.5 Å². The zero-order chi connectivity index (χ0) is 36.7. The fraction of sp³-hybridized carbons (Fsp3) is 0. The number of rotatable bonds is 9. The molecule has 8 aromatic rings. The van der Waals surface area contributed by atoms with Crippen molar-refractivity contribution < 1.29 is 4.74 Å². The van der Waals surface area contributed by atoms with Crippen LogP contribution in [-0.4, -0.2) is 11.8 Å². The highest BCUT2D eigenvalue weighted by molar-refractivity contribution is 6.05. The summed E-state index contributed by atoms with van der Waals surface area (Å²) in [4.78, 5) is 2.27. The van der Waals surface area contributed by atoms with Gasteiger partial charge in [0.1, 0.15) is 0 Å². The zero-order valence-electron chi connectivity index (χ0n) is 29.6. The van der Waals surface area contributed by atoms with Crippen molar-refractivity contribution in [2.24, 2.45) is 0 Å². The van der Waals surface area contributed by atoms with Crippen LogP contribution in [0.2, 0.25) is 0 Å². The van der Waals surface area contributed by atoms with Crippen molar-refractivity contribution in [3.63, 3.8) is 0 Å². The first-order chi connectivity index (χ1) is 26.6. The minimum Gasteiger partial charge on any atom is -0.421 e. The molecule has 0 saturated carbocycles. The molecule has 0 spiro atoms. The van der Waals surface area contributed by atoms with Gasteiger partial charge in [-0.2, -0.15) is 0 Å². The lowest BCUT2D eigenvalue weighted by Crippen LogP contribution is -2.13. The van der Waals surface area contributed by atoms with Crippen molar-refractivity contribution in [2.45, 2.75) is 0 Å². The fourth-order valence-electron chi connectivity index (χ4n) is 6.82. The van der Waals surface area contributed by atoms with Gasteiger partial charge < -0.3 is 9.64 Å². The lowest BCUT2D eigenvalue weighted by Gasteiger charge is -2.25. The summed E-state index contributed by atoms with van der Waals surface area (Å²) in [6.45, 7) is 0. The third kappa shape index (κ3) is 7.22. The summed E-state index contributed by atoms with van der Waals surface area (Å²) in [5, 5.41) is 17.3. The van der Waals surface area contributed by atoms with E-state index in [1.54, 1.807) is 0 Å². The quantitative estimate of drug-likeness (QED) is 0.117. The maximum Gasteiger partial charge on any atom is 0.221 e. The molecule has 0 heterocycles. The van der Waals surface area contributed by atoms with Crippen molar-refractivity contribution >= 4 is 28.9 Å². The standard InChI is InChI=1S/C50H37N3O/c51-49(54-50(52)41-18-14-17-40(35-41)36-15-4-1-5-16-36)39-29-27-37(28-30-39)45-23-10-12-25-47(45)48-26-13-11-24-46(48)38-31-33-44(34-32-38)53(42-19-6-2-7-20-42)43-21-8-3-9-22-43/h1-35,51-52H. The van der Waals surface area contributed by atoms with Crippen LogP contribution in [0.1, 0.15) is 11.1 Å². The third-order valence-corrected chi connectivity index (χ3v) is 9.50. The van der Waals surface area contributed by atoms with E-state index in [4.69, 9.17) is 15.6 Å². The van der Waals surface area contributed by atoms with E-state index in [9.17, 15) is 0 Å². The normalized spacial score (nSPS) is 10.7. The number of para-hydroxylation sites is 2. The van der Waals surface area contributed by atoms with Crippen LogP contribution in [0.4, 0.5) is 17.1 Å². The molecule has 0 aromatic heterocycles. The van der Waals surface area contributed by atoms with Crippen LogP contribution in [0.3, 0.4) is 0 Å². The van der Waals surface area contributed by atoms with Gasteiger partial charge in [-0.1, -0.05) is 152 Å². The SMILES string of the molecule is N=C(OC(=N)c1cccc(-c2ccccc2)c1)c1ccc(-c2ccccc2-c2ccccc2-c2ccc(N(c3ccccc3)c3ccccc3)cc2)cc1. The molecule has 54 heavy (non-hydrogen) atoms. The Bertz CT molecular complexity index is 2490. The van der Waals surface area contributed by atoms with Crippen LogP contribution >= 0.6 is 0 Å². The molecule has 8 aromatic carbocycles. The summed E-state index contributed by atoms with van der Waals surface area (Å²) in [7, 11) is 0. The highest BCUT2D eigenvalue weighted by Crippen LogP contribution is 2.40. The molecule has 0 bridgehead atoms. The summed E-state index contributed by atoms with van der Waals surface area (Å²) in [5.74, 6) is -0.137. The number of hydrogen-bond donors (Lipinski definition) is 2. The molecular weight excluding hydrogens is 659 g/mol. The highest BCUT2D eigenvalue weighted by Gasteiger charge is 2.16. The summed E-state index contributed by atoms with van der Waals surface area (Å²) < 4.78 is 5.75. The van der Waals surface area contributed by atoms with Gasteiger partial charge >= 0.3 is 0 Å². The fourth-order valence-corrected chi connectivity index (χ4v) is 6.82. The average Bonchev–Trinajstić information content (AvgIpc) is 3.25. The largest absolute Gasteiger partial charge is 0.421 e. The van der Waals surface area contributed by atoms with Gasteiger partial charge in [-0.05, 0) is 105 Å². The van der Waals surface area contributed by atoms with Crippen molar-refractivity contribution in [1.82, 2.24) is 0 Å². The monoisotopic (exact) mass is 695 g/mol. The third-order valence-electron chi connectivity index (χ3n) is 9.50. The second kappa shape index (κ2) is 15.5. The average molecular weight is 696 g/mol. The molecule has 0 aliphatic rings. The first kappa shape index (κ1) is 33.8. The van der Waals surface area contributed by atoms with Crippen LogP contribution in [0.15, 0.2) is 212 Å². The van der Waals surface area contributed by atoms with Crippen LogP contribution in [0.5, 0.6) is 0 Å². The minimum atomic E-state index is -0.0724. The Morgan fingerprint density at radius 3 is 1.26 bits per heavy atom. The minimum absolute atomic E-state index is 0.0651. The van der Waals surface area contributed by atoms with E-state index < -0.39 is 0 Å². The maximum atomic E-state index is 8.68. The smallest absolute Gasteiger partial charge is 0.221 e. The molecule has 0 radical (unpaired) electrons. The van der Waals surface area contributed by atoms with Gasteiger partial charge in [-0.25, -0.2) is 0 Å². The Labute approximate surface area is 316 Å². The Morgan fingerprint density at radius 1 is 0.315 bits per heavy atom. The molecule has 0 unspecified atom stereocenters. The second-order valence-electron chi connectivity index (χ2n) is 12.9. The molecule has 0 fully saturated rings. The maximum absolute atomic E-state index is 8.68. The second-order valence-corrected chi connectivity index (χ2v) is 12.9. The van der Waals surface area contributed by atoms with Gasteiger partial charge in [0.2, 0.25) is 11.8 Å². The van der Waals surface area contributed by atoms with E-state index in [1.807, 2.05) is 91.0 Å². The van der Waals surface area contributed by atoms with Crippen LogP contribution in [-0.2, 0) is 4.74 Å². The Morgan fingerprint density at radius 2 is 0.722 bits per heavy atom. The van der Waals surface area contributed by atoms with E-state index >= 15 is 0 Å². The predicted octanol–water partition coefficient (Wildman–Crippen LogP) is 13.2. The Kier molecular flexibility index (Phi) is 9.72. The number of benzene rings is 8. The van der Waals surface area contributed by atoms with E-state index in [0.717, 1.165) is 61.6 Å². The Hall–Kier alpha value is -7.30. The van der Waals surface area contributed by atoms with Crippen LogP contribution in [0, 0.1) is 10.8 Å². The topological polar surface area (TPSA) is 60.2 Å². The number of ether oxygens (including phenoxy) is 1. The lowest BCUT2D eigenvalue weighted by atomic mass is 9.89. The summed E-state index contributed by atoms with van der Waals surface area (Å²) in [5.41, 5.74) is 13.2. The van der Waals surface area contributed by atoms with E-state index in [2.05, 4.69) is 126 Å². The molecular formula is C50H37N3O. The molecule has 0 aliphatic heterocycles. The number of nitrogens with zero attached hydrogens (tertiary/aromatic N) is 1. The van der Waals surface area contributed by atoms with Crippen LogP contribution < -0.4 is 4.90 Å². The van der Waals surface area contributed by atoms with Crippen molar-refractivity contribution in [1.29, 1.82) is 10.8 Å². The van der Waals surface area contributed by atoms with Gasteiger partial charge in [-0.3, -0.25) is 10.8 Å². The molecule has 0 atom stereocenters. The molecule has 0 aliphatic carbocycles. The van der Waals surface area contributed by atoms with Gasteiger partial charge in [0.15, 0.2) is 0 Å². The van der Waals surface area contributed by atoms with Gasteiger partial charge in [0, 0.05) is 28.2 Å². The van der Waals surface area contributed by atoms with E-state index in [-0.39, 0.29) is 11.8 Å². The first-order valence-corrected chi connectivity index (χ1v) is 17.9. The van der Waals surface area contributed by atoms with Crippen molar-refractivity contribution in [3.8, 4) is 44.5 Å². The van der Waals surface area contributed by atoms with E-state index in [1.165, 1.54) is 0 Å². The van der Waals surface area contributed by atoms with Gasteiger partial charge in [-0.15, -0.1) is 0 Å². The molecule has 0 saturated heterocycles. The summed E-state index contributed by atoms with van der Waals surface area (Å²) in [6.07, 6.45) is 0.